The first-order valence-electron chi connectivity index (χ1n) is 7.95. The van der Waals surface area contributed by atoms with Crippen LogP contribution in [0, 0.1) is 28.7 Å². The molecule has 0 unspecified atom stereocenters. The smallest absolute Gasteiger partial charge is 0.220 e. The summed E-state index contributed by atoms with van der Waals surface area (Å²) in [5.41, 5.74) is 2.24. The van der Waals surface area contributed by atoms with Crippen LogP contribution in [0.3, 0.4) is 0 Å². The number of likely N-dealkylation sites (tertiary alicyclic amines) is 1. The molecule has 1 aliphatic rings. The van der Waals surface area contributed by atoms with Crippen LogP contribution >= 0.6 is 0 Å². The summed E-state index contributed by atoms with van der Waals surface area (Å²) in [7, 11) is 0. The molecular formula is C19H25N3. The van der Waals surface area contributed by atoms with Crippen LogP contribution in [0.2, 0.25) is 0 Å². The van der Waals surface area contributed by atoms with Crippen molar-refractivity contribution in [3.8, 4) is 6.07 Å². The van der Waals surface area contributed by atoms with Crippen LogP contribution in [-0.4, -0.2) is 24.5 Å². The summed E-state index contributed by atoms with van der Waals surface area (Å²) in [6, 6.07) is 10.1. The first-order chi connectivity index (χ1) is 10.4. The molecule has 1 fully saturated rings. The Balaban J connectivity index is 2.02. The maximum atomic E-state index is 8.99. The predicted molar refractivity (Wildman–Crippen MR) is 89.0 cm³/mol. The van der Waals surface area contributed by atoms with E-state index >= 15 is 0 Å². The van der Waals surface area contributed by atoms with Crippen molar-refractivity contribution in [3.63, 3.8) is 0 Å². The standard InChI is InChI=1S/C19H25N3/c1-18(2,3)19(15-21-4)8-10-22(11-9-19)14-17-7-5-6-16(12-17)13-20/h5-7,12H,8-11,14-15H2,1-3H3. The highest BCUT2D eigenvalue weighted by Gasteiger charge is 2.46. The Morgan fingerprint density at radius 2 is 2.00 bits per heavy atom. The fourth-order valence-electron chi connectivity index (χ4n) is 3.43. The number of nitriles is 1. The van der Waals surface area contributed by atoms with E-state index in [1.807, 2.05) is 18.2 Å². The average molecular weight is 295 g/mol. The second kappa shape index (κ2) is 6.51. The number of benzene rings is 1. The van der Waals surface area contributed by atoms with Crippen molar-refractivity contribution in [2.24, 2.45) is 10.8 Å². The molecule has 1 aliphatic heterocycles. The molecule has 116 valence electrons. The summed E-state index contributed by atoms with van der Waals surface area (Å²) in [6.45, 7) is 17.7. The van der Waals surface area contributed by atoms with E-state index in [2.05, 4.69) is 42.7 Å². The van der Waals surface area contributed by atoms with Gasteiger partial charge in [0.25, 0.3) is 0 Å². The molecule has 0 saturated carbocycles. The number of hydrogen-bond acceptors (Lipinski definition) is 2. The molecule has 1 aromatic carbocycles. The zero-order valence-corrected chi connectivity index (χ0v) is 13.9. The van der Waals surface area contributed by atoms with Crippen molar-refractivity contribution < 1.29 is 0 Å². The number of hydrogen-bond donors (Lipinski definition) is 0. The molecule has 0 radical (unpaired) electrons. The lowest BCUT2D eigenvalue weighted by atomic mass is 9.61. The lowest BCUT2D eigenvalue weighted by Gasteiger charge is -2.46. The van der Waals surface area contributed by atoms with E-state index in [0.29, 0.717) is 6.54 Å². The Labute approximate surface area is 134 Å². The van der Waals surface area contributed by atoms with Gasteiger partial charge in [-0.1, -0.05) is 32.9 Å². The van der Waals surface area contributed by atoms with Gasteiger partial charge in [0.1, 0.15) is 0 Å². The summed E-state index contributed by atoms with van der Waals surface area (Å²) in [5, 5.41) is 8.99. The number of rotatable bonds is 3. The maximum absolute atomic E-state index is 8.99. The lowest BCUT2D eigenvalue weighted by molar-refractivity contribution is 0.0173. The third-order valence-electron chi connectivity index (χ3n) is 5.25. The van der Waals surface area contributed by atoms with Crippen LogP contribution in [0.4, 0.5) is 0 Å². The van der Waals surface area contributed by atoms with Crippen molar-refractivity contribution in [2.75, 3.05) is 19.6 Å². The van der Waals surface area contributed by atoms with E-state index in [0.717, 1.165) is 38.0 Å². The molecule has 1 aromatic rings. The molecule has 1 saturated heterocycles. The summed E-state index contributed by atoms with van der Waals surface area (Å²) in [4.78, 5) is 6.17. The molecular weight excluding hydrogens is 270 g/mol. The predicted octanol–water partition coefficient (Wildman–Crippen LogP) is 4.11. The van der Waals surface area contributed by atoms with Gasteiger partial charge in [0.15, 0.2) is 0 Å². The fourth-order valence-corrected chi connectivity index (χ4v) is 3.43. The second-order valence-corrected chi connectivity index (χ2v) is 7.43. The molecule has 0 atom stereocenters. The highest BCUT2D eigenvalue weighted by atomic mass is 15.1. The minimum absolute atomic E-state index is 0.139. The molecule has 0 aromatic heterocycles. The number of piperidine rings is 1. The molecule has 0 N–H and O–H groups in total. The second-order valence-electron chi connectivity index (χ2n) is 7.43. The first-order valence-corrected chi connectivity index (χ1v) is 7.95. The molecule has 3 heteroatoms. The summed E-state index contributed by atoms with van der Waals surface area (Å²) in [5.74, 6) is 0. The van der Waals surface area contributed by atoms with Gasteiger partial charge in [-0.05, 0) is 49.0 Å². The highest BCUT2D eigenvalue weighted by molar-refractivity contribution is 5.32. The SMILES string of the molecule is [C-]#[N+]CC1(C(C)(C)C)CCN(Cc2cccc(C#N)c2)CC1. The van der Waals surface area contributed by atoms with Gasteiger partial charge in [-0.15, -0.1) is 0 Å². The quantitative estimate of drug-likeness (QED) is 0.786. The molecule has 0 aliphatic carbocycles. The Morgan fingerprint density at radius 1 is 1.32 bits per heavy atom. The Bertz CT molecular complexity index is 590. The largest absolute Gasteiger partial charge is 0.316 e. The summed E-state index contributed by atoms with van der Waals surface area (Å²) < 4.78 is 0. The number of nitrogens with zero attached hydrogens (tertiary/aromatic N) is 3. The molecule has 2 rings (SSSR count). The molecule has 3 nitrogen and oxygen atoms in total. The van der Waals surface area contributed by atoms with Crippen LogP contribution in [-0.2, 0) is 6.54 Å². The van der Waals surface area contributed by atoms with E-state index in [4.69, 9.17) is 11.8 Å². The Morgan fingerprint density at radius 3 is 2.55 bits per heavy atom. The van der Waals surface area contributed by atoms with Crippen molar-refractivity contribution in [1.82, 2.24) is 4.90 Å². The van der Waals surface area contributed by atoms with Gasteiger partial charge in [-0.25, -0.2) is 6.57 Å². The van der Waals surface area contributed by atoms with Crippen LogP contribution < -0.4 is 0 Å². The van der Waals surface area contributed by atoms with E-state index < -0.39 is 0 Å². The van der Waals surface area contributed by atoms with Crippen molar-refractivity contribution in [1.29, 1.82) is 5.26 Å². The van der Waals surface area contributed by atoms with Gasteiger partial charge in [-0.2, -0.15) is 5.26 Å². The molecule has 1 heterocycles. The molecule has 0 bridgehead atoms. The van der Waals surface area contributed by atoms with E-state index in [1.54, 1.807) is 0 Å². The third-order valence-corrected chi connectivity index (χ3v) is 5.25. The summed E-state index contributed by atoms with van der Waals surface area (Å²) >= 11 is 0. The lowest BCUT2D eigenvalue weighted by Crippen LogP contribution is -2.47. The van der Waals surface area contributed by atoms with Gasteiger partial charge in [-0.3, -0.25) is 4.90 Å². The third kappa shape index (κ3) is 3.49. The van der Waals surface area contributed by atoms with Crippen LogP contribution in [0.5, 0.6) is 0 Å². The van der Waals surface area contributed by atoms with E-state index in [9.17, 15) is 0 Å². The highest BCUT2D eigenvalue weighted by Crippen LogP contribution is 2.47. The van der Waals surface area contributed by atoms with Crippen LogP contribution in [0.1, 0.15) is 44.7 Å². The van der Waals surface area contributed by atoms with Gasteiger partial charge < -0.3 is 4.85 Å². The monoisotopic (exact) mass is 295 g/mol. The normalized spacial score (nSPS) is 18.4. The maximum Gasteiger partial charge on any atom is 0.220 e. The van der Waals surface area contributed by atoms with Crippen molar-refractivity contribution in [3.05, 3.63) is 46.8 Å². The minimum atomic E-state index is 0.139. The average Bonchev–Trinajstić information content (AvgIpc) is 2.49. The zero-order valence-electron chi connectivity index (χ0n) is 13.9. The molecule has 0 spiro atoms. The summed E-state index contributed by atoms with van der Waals surface area (Å²) in [6.07, 6.45) is 2.16. The minimum Gasteiger partial charge on any atom is -0.316 e. The van der Waals surface area contributed by atoms with Crippen molar-refractivity contribution >= 4 is 0 Å². The Hall–Kier alpha value is -1.84. The van der Waals surface area contributed by atoms with Crippen LogP contribution in [0.15, 0.2) is 24.3 Å². The zero-order chi connectivity index (χ0) is 16.2. The van der Waals surface area contributed by atoms with Gasteiger partial charge in [0.05, 0.1) is 11.6 Å². The fraction of sp³-hybridized carbons (Fsp3) is 0.579. The van der Waals surface area contributed by atoms with E-state index in [-0.39, 0.29) is 10.8 Å². The van der Waals surface area contributed by atoms with Gasteiger partial charge in [0.2, 0.25) is 6.54 Å². The molecule has 0 amide bonds. The topological polar surface area (TPSA) is 31.4 Å². The van der Waals surface area contributed by atoms with Crippen molar-refractivity contribution in [2.45, 2.75) is 40.2 Å². The van der Waals surface area contributed by atoms with Crippen LogP contribution in [0.25, 0.3) is 4.85 Å². The molecule has 22 heavy (non-hydrogen) atoms. The Kier molecular flexibility index (Phi) is 4.89. The van der Waals surface area contributed by atoms with E-state index in [1.165, 1.54) is 5.56 Å². The van der Waals surface area contributed by atoms with Gasteiger partial charge >= 0.3 is 0 Å². The first kappa shape index (κ1) is 16.5. The van der Waals surface area contributed by atoms with Gasteiger partial charge in [0, 0.05) is 12.0 Å².